The number of oxazole rings is 1. The number of amides is 3. The van der Waals surface area contributed by atoms with Crippen molar-refractivity contribution in [1.29, 1.82) is 0 Å². The number of nitrogens with zero attached hydrogens (tertiary/aromatic N) is 1. The number of ether oxygens (including phenoxy) is 2. The molecule has 0 saturated heterocycles. The fraction of sp³-hybridized carbons (Fsp3) is 0.367. The van der Waals surface area contributed by atoms with E-state index in [-0.39, 0.29) is 29.9 Å². The predicted octanol–water partition coefficient (Wildman–Crippen LogP) is 3.63. The summed E-state index contributed by atoms with van der Waals surface area (Å²) in [5, 5.41) is 8.02. The van der Waals surface area contributed by atoms with Gasteiger partial charge in [0.1, 0.15) is 30.5 Å². The average molecular weight is 565 g/mol. The maximum atomic E-state index is 13.1. The van der Waals surface area contributed by atoms with Crippen molar-refractivity contribution in [1.82, 2.24) is 20.9 Å². The minimum atomic E-state index is -0.942. The number of aryl methyl sites for hydroxylation is 1. The predicted molar refractivity (Wildman–Crippen MR) is 150 cm³/mol. The number of hydrogen-bond acceptors (Lipinski definition) is 8. The molecule has 0 unspecified atom stereocenters. The molecular formula is C30H36N4O7. The van der Waals surface area contributed by atoms with Crippen LogP contribution in [0.2, 0.25) is 0 Å². The zero-order valence-corrected chi connectivity index (χ0v) is 23.8. The summed E-state index contributed by atoms with van der Waals surface area (Å²) >= 11 is 0. The lowest BCUT2D eigenvalue weighted by molar-refractivity contribution is -0.144. The maximum Gasteiger partial charge on any atom is 0.408 e. The molecule has 0 saturated carbocycles. The molecule has 0 bridgehead atoms. The molecular weight excluding hydrogens is 528 g/mol. The highest BCUT2D eigenvalue weighted by atomic mass is 16.5. The van der Waals surface area contributed by atoms with Crippen molar-refractivity contribution in [2.45, 2.75) is 58.8 Å². The molecule has 3 atom stereocenters. The minimum Gasteiger partial charge on any atom is -0.467 e. The molecule has 218 valence electrons. The van der Waals surface area contributed by atoms with E-state index >= 15 is 0 Å². The fourth-order valence-electron chi connectivity index (χ4n) is 3.96. The second-order valence-corrected chi connectivity index (χ2v) is 9.85. The molecule has 3 amide bonds. The zero-order valence-electron chi connectivity index (χ0n) is 23.8. The first kappa shape index (κ1) is 30.9. The summed E-state index contributed by atoms with van der Waals surface area (Å²) in [5.74, 6) is -1.60. The number of alkyl carbamates (subject to hydrolysis) is 1. The largest absolute Gasteiger partial charge is 0.467 e. The zero-order chi connectivity index (χ0) is 29.9. The summed E-state index contributed by atoms with van der Waals surface area (Å²) in [4.78, 5) is 54.9. The smallest absolute Gasteiger partial charge is 0.408 e. The number of nitrogens with one attached hydrogen (secondary N) is 3. The molecule has 0 radical (unpaired) electrons. The topological polar surface area (TPSA) is 149 Å². The van der Waals surface area contributed by atoms with E-state index in [0.717, 1.165) is 11.1 Å². The number of hydrogen-bond donors (Lipinski definition) is 3. The van der Waals surface area contributed by atoms with Crippen LogP contribution in [0.3, 0.4) is 0 Å². The van der Waals surface area contributed by atoms with Gasteiger partial charge in [0.25, 0.3) is 5.91 Å². The number of aromatic nitrogens is 1. The molecule has 11 heteroatoms. The second kappa shape index (κ2) is 14.6. The van der Waals surface area contributed by atoms with Gasteiger partial charge in [0.15, 0.2) is 5.69 Å². The van der Waals surface area contributed by atoms with Gasteiger partial charge in [0, 0.05) is 6.42 Å². The van der Waals surface area contributed by atoms with E-state index in [9.17, 15) is 19.2 Å². The molecule has 3 rings (SSSR count). The minimum absolute atomic E-state index is 0.0162. The Labute approximate surface area is 239 Å². The normalized spacial score (nSPS) is 13.0. The SMILES string of the molecule is COC(=O)[C@@H](NC(=O)c1nc([C@H](Cc2ccccc2)NC(=O)[C@H](C)NC(=O)OCc2ccccc2)oc1C)C(C)C. The molecule has 41 heavy (non-hydrogen) atoms. The van der Waals surface area contributed by atoms with Gasteiger partial charge in [0.05, 0.1) is 7.11 Å². The first-order valence-electron chi connectivity index (χ1n) is 13.3. The Balaban J connectivity index is 1.74. The molecule has 3 aromatic rings. The number of carbonyl (C=O) groups is 4. The average Bonchev–Trinajstić information content (AvgIpc) is 3.36. The van der Waals surface area contributed by atoms with Crippen LogP contribution < -0.4 is 16.0 Å². The van der Waals surface area contributed by atoms with Crippen LogP contribution in [0.15, 0.2) is 65.1 Å². The van der Waals surface area contributed by atoms with Gasteiger partial charge in [-0.25, -0.2) is 14.6 Å². The standard InChI is InChI=1S/C30H36N4O7/c1-18(2)24(29(37)39-5)33-27(36)25-20(4)41-28(34-25)23(16-21-12-8-6-9-13-21)32-26(35)19(3)31-30(38)40-17-22-14-10-7-11-15-22/h6-15,18-19,23-24H,16-17H2,1-5H3,(H,31,38)(H,32,35)(H,33,36)/t19-,23-,24-/m0/s1. The third-order valence-corrected chi connectivity index (χ3v) is 6.27. The molecule has 11 nitrogen and oxygen atoms in total. The highest BCUT2D eigenvalue weighted by molar-refractivity contribution is 5.96. The second-order valence-electron chi connectivity index (χ2n) is 9.85. The first-order chi connectivity index (χ1) is 19.6. The summed E-state index contributed by atoms with van der Waals surface area (Å²) < 4.78 is 15.8. The molecule has 0 spiro atoms. The molecule has 1 heterocycles. The van der Waals surface area contributed by atoms with Crippen molar-refractivity contribution in [3.8, 4) is 0 Å². The Morgan fingerprint density at radius 2 is 1.49 bits per heavy atom. The number of benzene rings is 2. The Morgan fingerprint density at radius 1 is 0.878 bits per heavy atom. The van der Waals surface area contributed by atoms with Crippen molar-refractivity contribution in [2.75, 3.05) is 7.11 Å². The highest BCUT2D eigenvalue weighted by Crippen LogP contribution is 2.22. The van der Waals surface area contributed by atoms with Crippen LogP contribution in [0.5, 0.6) is 0 Å². The number of carbonyl (C=O) groups excluding carboxylic acids is 4. The van der Waals surface area contributed by atoms with Gasteiger partial charge < -0.3 is 29.8 Å². The van der Waals surface area contributed by atoms with Crippen LogP contribution in [0.1, 0.15) is 60.1 Å². The Hall–Kier alpha value is -4.67. The first-order valence-corrected chi connectivity index (χ1v) is 13.3. The molecule has 2 aromatic carbocycles. The number of rotatable bonds is 12. The van der Waals surface area contributed by atoms with Gasteiger partial charge in [-0.15, -0.1) is 0 Å². The maximum absolute atomic E-state index is 13.1. The molecule has 1 aromatic heterocycles. The summed E-state index contributed by atoms with van der Waals surface area (Å²) in [5.41, 5.74) is 1.68. The summed E-state index contributed by atoms with van der Waals surface area (Å²) in [6, 6.07) is 15.9. The van der Waals surface area contributed by atoms with Gasteiger partial charge in [-0.05, 0) is 30.9 Å². The molecule has 3 N–H and O–H groups in total. The van der Waals surface area contributed by atoms with Crippen LogP contribution in [0.4, 0.5) is 4.79 Å². The lowest BCUT2D eigenvalue weighted by Crippen LogP contribution is -2.46. The van der Waals surface area contributed by atoms with E-state index in [0.29, 0.717) is 6.42 Å². The highest BCUT2D eigenvalue weighted by Gasteiger charge is 2.30. The van der Waals surface area contributed by atoms with Crippen molar-refractivity contribution >= 4 is 23.9 Å². The van der Waals surface area contributed by atoms with Crippen LogP contribution in [-0.2, 0) is 32.1 Å². The lowest BCUT2D eigenvalue weighted by Gasteiger charge is -2.20. The van der Waals surface area contributed by atoms with E-state index in [1.54, 1.807) is 20.8 Å². The Morgan fingerprint density at radius 3 is 2.07 bits per heavy atom. The third kappa shape index (κ3) is 8.92. The molecule has 0 aliphatic rings. The van der Waals surface area contributed by atoms with E-state index in [2.05, 4.69) is 20.9 Å². The van der Waals surface area contributed by atoms with Gasteiger partial charge in [-0.3, -0.25) is 9.59 Å². The van der Waals surface area contributed by atoms with E-state index in [4.69, 9.17) is 13.9 Å². The van der Waals surface area contributed by atoms with Crippen LogP contribution >= 0.6 is 0 Å². The summed E-state index contributed by atoms with van der Waals surface area (Å²) in [6.07, 6.45) is -0.442. The quantitative estimate of drug-likeness (QED) is 0.283. The van der Waals surface area contributed by atoms with Gasteiger partial charge in [-0.2, -0.15) is 0 Å². The molecule has 0 fully saturated rings. The fourth-order valence-corrected chi connectivity index (χ4v) is 3.96. The number of esters is 1. The van der Waals surface area contributed by atoms with E-state index in [1.165, 1.54) is 14.0 Å². The third-order valence-electron chi connectivity index (χ3n) is 6.27. The van der Waals surface area contributed by atoms with Crippen molar-refractivity contribution in [3.05, 3.63) is 89.1 Å². The Bertz CT molecular complexity index is 1330. The summed E-state index contributed by atoms with van der Waals surface area (Å²) in [6.45, 7) is 6.72. The molecule has 0 aliphatic heterocycles. The van der Waals surface area contributed by atoms with Gasteiger partial charge in [-0.1, -0.05) is 74.5 Å². The van der Waals surface area contributed by atoms with E-state index in [1.807, 2.05) is 60.7 Å². The lowest BCUT2D eigenvalue weighted by atomic mass is 10.0. The van der Waals surface area contributed by atoms with Crippen molar-refractivity contribution in [3.63, 3.8) is 0 Å². The van der Waals surface area contributed by atoms with Crippen LogP contribution in [-0.4, -0.2) is 48.1 Å². The van der Waals surface area contributed by atoms with Crippen LogP contribution in [0, 0.1) is 12.8 Å². The Kier molecular flexibility index (Phi) is 11.0. The monoisotopic (exact) mass is 564 g/mol. The number of methoxy groups -OCH3 is 1. The van der Waals surface area contributed by atoms with Crippen molar-refractivity contribution < 1.29 is 33.1 Å². The van der Waals surface area contributed by atoms with Crippen LogP contribution in [0.25, 0.3) is 0 Å². The van der Waals surface area contributed by atoms with Gasteiger partial charge in [0.2, 0.25) is 11.8 Å². The summed E-state index contributed by atoms with van der Waals surface area (Å²) in [7, 11) is 1.25. The van der Waals surface area contributed by atoms with Gasteiger partial charge >= 0.3 is 12.1 Å². The van der Waals surface area contributed by atoms with Crippen molar-refractivity contribution in [2.24, 2.45) is 5.92 Å². The molecule has 0 aliphatic carbocycles. The van der Waals surface area contributed by atoms with E-state index < -0.39 is 42.0 Å².